The average molecular weight is 628 g/mol. The van der Waals surface area contributed by atoms with Crippen LogP contribution < -0.4 is 27.4 Å². The van der Waals surface area contributed by atoms with Gasteiger partial charge in [0, 0.05) is 39.0 Å². The lowest BCUT2D eigenvalue weighted by atomic mass is 9.89. The predicted molar refractivity (Wildman–Crippen MR) is 182 cm³/mol. The molecule has 0 aromatic carbocycles. The monoisotopic (exact) mass is 627 g/mol. The molecule has 4 amide bonds. The first kappa shape index (κ1) is 39.1. The van der Waals surface area contributed by atoms with E-state index in [4.69, 9.17) is 11.5 Å². The SMILES string of the molecule is CC(N)(P)CC(C)(C)NC(=O)NC(C)(P)CC(C)(C)N(CNC(=O)N(CP)C(C)(C)CC(C)(N)P)C(C)(C)C. The fraction of sp³-hybridized carbons (Fsp3) is 0.923. The first-order valence-electron chi connectivity index (χ1n) is 13.5. The maximum Gasteiger partial charge on any atom is 0.319 e. The van der Waals surface area contributed by atoms with Crippen LogP contribution in [-0.2, 0) is 0 Å². The Kier molecular flexibility index (Phi) is 13.7. The molecule has 0 aliphatic heterocycles. The van der Waals surface area contributed by atoms with Gasteiger partial charge in [0.25, 0.3) is 0 Å². The quantitative estimate of drug-likeness (QED) is 0.153. The number of nitrogens with two attached hydrogens (primary N) is 2. The summed E-state index contributed by atoms with van der Waals surface area (Å²) < 4.78 is 0. The summed E-state index contributed by atoms with van der Waals surface area (Å²) in [5.41, 5.74) is 10.8. The van der Waals surface area contributed by atoms with Crippen molar-refractivity contribution in [1.29, 1.82) is 0 Å². The lowest BCUT2D eigenvalue weighted by Crippen LogP contribution is -2.63. The summed E-state index contributed by atoms with van der Waals surface area (Å²) in [6.45, 7) is 24.8. The van der Waals surface area contributed by atoms with Crippen molar-refractivity contribution in [3.63, 3.8) is 0 Å². The summed E-state index contributed by atoms with van der Waals surface area (Å²) in [5.74, 6) is 0. The largest absolute Gasteiger partial charge is 0.333 e. The molecule has 0 bridgehead atoms. The minimum atomic E-state index is -0.609. The van der Waals surface area contributed by atoms with E-state index in [-0.39, 0.29) is 17.6 Å². The van der Waals surface area contributed by atoms with Crippen molar-refractivity contribution in [3.05, 3.63) is 0 Å². The van der Waals surface area contributed by atoms with Crippen molar-refractivity contribution in [2.75, 3.05) is 13.0 Å². The van der Waals surface area contributed by atoms with Crippen LogP contribution in [0.4, 0.5) is 9.59 Å². The van der Waals surface area contributed by atoms with Gasteiger partial charge >= 0.3 is 12.1 Å². The van der Waals surface area contributed by atoms with Crippen molar-refractivity contribution in [2.24, 2.45) is 11.5 Å². The Morgan fingerprint density at radius 3 is 1.56 bits per heavy atom. The Labute approximate surface area is 248 Å². The molecule has 0 aliphatic rings. The van der Waals surface area contributed by atoms with E-state index in [1.807, 2.05) is 48.5 Å². The number of hydrogen-bond donors (Lipinski definition) is 5. The summed E-state index contributed by atoms with van der Waals surface area (Å²) in [4.78, 5) is 30.4. The fourth-order valence-corrected chi connectivity index (χ4v) is 8.17. The Bertz CT molecular complexity index is 830. The maximum absolute atomic E-state index is 13.4. The predicted octanol–water partition coefficient (Wildman–Crippen LogP) is 4.39. The number of rotatable bonds is 13. The second kappa shape index (κ2) is 13.6. The van der Waals surface area contributed by atoms with Gasteiger partial charge in [-0.05, 0) is 102 Å². The molecule has 9 nitrogen and oxygen atoms in total. The van der Waals surface area contributed by atoms with Gasteiger partial charge in [0.1, 0.15) is 0 Å². The molecule has 0 aromatic rings. The number of urea groups is 2. The van der Waals surface area contributed by atoms with Crippen LogP contribution in [0.25, 0.3) is 0 Å². The zero-order valence-corrected chi connectivity index (χ0v) is 31.3. The second-order valence-electron chi connectivity index (χ2n) is 14.9. The van der Waals surface area contributed by atoms with Crippen LogP contribution >= 0.6 is 37.0 Å². The van der Waals surface area contributed by atoms with Crippen LogP contribution in [0.1, 0.15) is 102 Å². The van der Waals surface area contributed by atoms with Crippen LogP contribution in [0.2, 0.25) is 0 Å². The van der Waals surface area contributed by atoms with E-state index >= 15 is 0 Å². The minimum Gasteiger partial charge on any atom is -0.333 e. The highest BCUT2D eigenvalue weighted by Gasteiger charge is 2.41. The lowest BCUT2D eigenvalue weighted by molar-refractivity contribution is 0.00764. The van der Waals surface area contributed by atoms with Crippen LogP contribution in [0.15, 0.2) is 0 Å². The van der Waals surface area contributed by atoms with Gasteiger partial charge in [-0.2, -0.15) is 0 Å². The third-order valence-corrected chi connectivity index (χ3v) is 7.50. The molecule has 0 fully saturated rings. The minimum absolute atomic E-state index is 0.149. The summed E-state index contributed by atoms with van der Waals surface area (Å²) in [5, 5.41) is 7.75. The Balaban J connectivity index is 5.63. The van der Waals surface area contributed by atoms with Gasteiger partial charge in [0.15, 0.2) is 0 Å². The summed E-state index contributed by atoms with van der Waals surface area (Å²) >= 11 is 0. The van der Waals surface area contributed by atoms with Gasteiger partial charge in [-0.3, -0.25) is 4.90 Å². The number of nitrogens with zero attached hydrogens (tertiary/aromatic N) is 2. The number of carbonyl (C=O) groups is 2. The molecule has 0 radical (unpaired) electrons. The molecule has 7 atom stereocenters. The highest BCUT2D eigenvalue weighted by atomic mass is 31.0. The average Bonchev–Trinajstić information content (AvgIpc) is 2.53. The molecule has 13 heteroatoms. The highest BCUT2D eigenvalue weighted by Crippen LogP contribution is 2.35. The van der Waals surface area contributed by atoms with Gasteiger partial charge in [0.2, 0.25) is 0 Å². The van der Waals surface area contributed by atoms with E-state index in [1.165, 1.54) is 0 Å². The van der Waals surface area contributed by atoms with Gasteiger partial charge < -0.3 is 32.3 Å². The summed E-state index contributed by atoms with van der Waals surface area (Å²) in [7, 11) is 10.7. The van der Waals surface area contributed by atoms with Crippen molar-refractivity contribution < 1.29 is 9.59 Å². The summed E-state index contributed by atoms with van der Waals surface area (Å²) in [6.07, 6.45) is 2.32. The molecule has 0 saturated carbocycles. The Morgan fingerprint density at radius 2 is 1.18 bits per heavy atom. The molecule has 0 aromatic heterocycles. The second-order valence-corrected chi connectivity index (χ2v) is 19.2. The summed E-state index contributed by atoms with van der Waals surface area (Å²) in [6, 6.07) is -0.402. The maximum atomic E-state index is 13.4. The number of carbonyl (C=O) groups excluding carboxylic acids is 2. The zero-order chi connectivity index (χ0) is 31.5. The topological polar surface area (TPSA) is 129 Å². The molecular weight excluding hydrogens is 566 g/mol. The Hall–Kier alpha value is 0.140. The molecule has 7 unspecified atom stereocenters. The van der Waals surface area contributed by atoms with Gasteiger partial charge in [-0.15, -0.1) is 37.0 Å². The van der Waals surface area contributed by atoms with Crippen LogP contribution in [0.5, 0.6) is 0 Å². The molecule has 0 aliphatic carbocycles. The van der Waals surface area contributed by atoms with Crippen LogP contribution in [0, 0.1) is 0 Å². The van der Waals surface area contributed by atoms with Gasteiger partial charge in [-0.1, -0.05) is 0 Å². The van der Waals surface area contributed by atoms with Crippen LogP contribution in [0.3, 0.4) is 0 Å². The molecule has 0 heterocycles. The van der Waals surface area contributed by atoms with E-state index in [1.54, 1.807) is 4.90 Å². The molecule has 39 heavy (non-hydrogen) atoms. The number of hydrogen-bond acceptors (Lipinski definition) is 5. The van der Waals surface area contributed by atoms with E-state index < -0.39 is 32.5 Å². The van der Waals surface area contributed by atoms with Crippen molar-refractivity contribution in [2.45, 2.75) is 140 Å². The first-order chi connectivity index (χ1) is 16.9. The zero-order valence-electron chi connectivity index (χ0n) is 26.7. The third kappa shape index (κ3) is 15.3. The highest BCUT2D eigenvalue weighted by molar-refractivity contribution is 7.19. The van der Waals surface area contributed by atoms with E-state index in [2.05, 4.69) is 92.4 Å². The molecule has 0 saturated heterocycles. The van der Waals surface area contributed by atoms with Crippen LogP contribution in [-0.4, -0.2) is 72.8 Å². The van der Waals surface area contributed by atoms with E-state index in [9.17, 15) is 9.59 Å². The van der Waals surface area contributed by atoms with E-state index in [0.29, 0.717) is 32.2 Å². The first-order valence-corrected chi connectivity index (χ1v) is 16.1. The van der Waals surface area contributed by atoms with E-state index in [0.717, 1.165) is 0 Å². The Morgan fingerprint density at radius 1 is 0.718 bits per heavy atom. The van der Waals surface area contributed by atoms with Gasteiger partial charge in [-0.25, -0.2) is 9.59 Å². The van der Waals surface area contributed by atoms with Crippen molar-refractivity contribution in [1.82, 2.24) is 25.8 Å². The number of nitrogens with one attached hydrogen (secondary N) is 3. The van der Waals surface area contributed by atoms with Crippen molar-refractivity contribution in [3.8, 4) is 0 Å². The van der Waals surface area contributed by atoms with Gasteiger partial charge in [0.05, 0.1) is 11.9 Å². The number of amides is 4. The molecular formula is C26H61N7O2P4. The molecule has 0 spiro atoms. The normalized spacial score (nSPS) is 18.0. The lowest BCUT2D eigenvalue weighted by Gasteiger charge is -2.50. The standard InChI is InChI=1S/C26H61N7O2P4/c1-20(2,3)33(16-29-19(35)32(17-36)22(6,7)14-25(11,28)38)23(8,9)15-26(12,39)31-18(34)30-21(4,5)13-24(10,27)37/h13-17,27-28,36-39H2,1-12H3,(H,29,35)(H2,30,31,34). The molecule has 232 valence electrons. The third-order valence-electron chi connectivity index (χ3n) is 6.37. The van der Waals surface area contributed by atoms with Crippen molar-refractivity contribution >= 4 is 49.0 Å². The molecule has 7 N–H and O–H groups in total. The smallest absolute Gasteiger partial charge is 0.319 e. The molecule has 0 rings (SSSR count). The fourth-order valence-electron chi connectivity index (χ4n) is 5.87.